The molecule has 0 radical (unpaired) electrons. The van der Waals surface area contributed by atoms with Crippen LogP contribution in [0.3, 0.4) is 0 Å². The number of carbonyl (C=O) groups excluding carboxylic acids is 1. The fourth-order valence-corrected chi connectivity index (χ4v) is 3.00. The largest absolute Gasteiger partial charge is 0.340 e. The SMILES string of the molecule is CC[C@@H](C)[C@@H](NC(=O)c1ccc(C)cc1)c1nc(-c2ccc(C)c(Cl)c2)no1. The van der Waals surface area contributed by atoms with E-state index in [1.54, 1.807) is 0 Å². The van der Waals surface area contributed by atoms with Crippen molar-refractivity contribution in [3.63, 3.8) is 0 Å². The van der Waals surface area contributed by atoms with E-state index in [2.05, 4.69) is 22.4 Å². The highest BCUT2D eigenvalue weighted by Gasteiger charge is 2.27. The molecule has 0 saturated carbocycles. The number of rotatable bonds is 6. The summed E-state index contributed by atoms with van der Waals surface area (Å²) < 4.78 is 5.51. The van der Waals surface area contributed by atoms with E-state index in [-0.39, 0.29) is 17.9 Å². The molecule has 0 aliphatic rings. The Labute approximate surface area is 170 Å². The minimum absolute atomic E-state index is 0.129. The second kappa shape index (κ2) is 8.57. The molecule has 146 valence electrons. The van der Waals surface area contributed by atoms with Crippen molar-refractivity contribution in [2.24, 2.45) is 5.92 Å². The summed E-state index contributed by atoms with van der Waals surface area (Å²) in [4.78, 5) is 17.2. The van der Waals surface area contributed by atoms with Gasteiger partial charge in [0.2, 0.25) is 11.7 Å². The first kappa shape index (κ1) is 20.1. The lowest BCUT2D eigenvalue weighted by atomic mass is 9.98. The van der Waals surface area contributed by atoms with Gasteiger partial charge < -0.3 is 9.84 Å². The van der Waals surface area contributed by atoms with Crippen LogP contribution < -0.4 is 5.32 Å². The van der Waals surface area contributed by atoms with E-state index < -0.39 is 0 Å². The molecule has 1 N–H and O–H groups in total. The van der Waals surface area contributed by atoms with Crippen molar-refractivity contribution < 1.29 is 9.32 Å². The third-order valence-electron chi connectivity index (χ3n) is 4.95. The Kier molecular flexibility index (Phi) is 6.15. The van der Waals surface area contributed by atoms with E-state index in [4.69, 9.17) is 16.1 Å². The molecule has 1 aromatic heterocycles. The van der Waals surface area contributed by atoms with Crippen molar-refractivity contribution in [2.75, 3.05) is 0 Å². The fourth-order valence-electron chi connectivity index (χ4n) is 2.82. The van der Waals surface area contributed by atoms with Gasteiger partial charge in [0.1, 0.15) is 6.04 Å². The van der Waals surface area contributed by atoms with E-state index >= 15 is 0 Å². The summed E-state index contributed by atoms with van der Waals surface area (Å²) in [5.41, 5.74) is 3.47. The number of hydrogen-bond acceptors (Lipinski definition) is 4. The molecule has 3 aromatic rings. The predicted octanol–water partition coefficient (Wildman–Crippen LogP) is 5.52. The van der Waals surface area contributed by atoms with Crippen LogP contribution in [0.2, 0.25) is 5.02 Å². The summed E-state index contributed by atoms with van der Waals surface area (Å²) in [5.74, 6) is 0.809. The van der Waals surface area contributed by atoms with Gasteiger partial charge in [0, 0.05) is 16.1 Å². The van der Waals surface area contributed by atoms with Crippen molar-refractivity contribution in [3.05, 3.63) is 70.1 Å². The van der Waals surface area contributed by atoms with Crippen molar-refractivity contribution in [2.45, 2.75) is 40.2 Å². The number of carbonyl (C=O) groups is 1. The highest BCUT2D eigenvalue weighted by molar-refractivity contribution is 6.31. The minimum Gasteiger partial charge on any atom is -0.340 e. The van der Waals surface area contributed by atoms with E-state index in [1.165, 1.54) is 0 Å². The van der Waals surface area contributed by atoms with Crippen LogP contribution in [-0.2, 0) is 0 Å². The molecule has 2 aromatic carbocycles. The molecule has 3 rings (SSSR count). The molecule has 0 saturated heterocycles. The van der Waals surface area contributed by atoms with E-state index in [9.17, 15) is 4.79 Å². The first-order valence-electron chi connectivity index (χ1n) is 9.36. The van der Waals surface area contributed by atoms with Gasteiger partial charge in [0.15, 0.2) is 0 Å². The summed E-state index contributed by atoms with van der Waals surface area (Å²) in [6.07, 6.45) is 0.854. The van der Waals surface area contributed by atoms with Gasteiger partial charge in [-0.3, -0.25) is 4.79 Å². The second-order valence-corrected chi connectivity index (χ2v) is 7.53. The Morgan fingerprint density at radius 3 is 2.54 bits per heavy atom. The zero-order valence-electron chi connectivity index (χ0n) is 16.5. The Bertz CT molecular complexity index is 966. The number of benzene rings is 2. The molecule has 6 heteroatoms. The number of amides is 1. The molecule has 0 bridgehead atoms. The Morgan fingerprint density at radius 2 is 1.89 bits per heavy atom. The summed E-state index contributed by atoms with van der Waals surface area (Å²) in [6.45, 7) is 8.04. The summed E-state index contributed by atoms with van der Waals surface area (Å²) in [5, 5.41) is 7.78. The van der Waals surface area contributed by atoms with Gasteiger partial charge in [-0.05, 0) is 43.5 Å². The normalized spacial score (nSPS) is 13.2. The van der Waals surface area contributed by atoms with Crippen LogP contribution in [0.4, 0.5) is 0 Å². The van der Waals surface area contributed by atoms with Gasteiger partial charge in [0.25, 0.3) is 5.91 Å². The molecule has 1 heterocycles. The molecule has 28 heavy (non-hydrogen) atoms. The number of halogens is 1. The maximum atomic E-state index is 12.7. The zero-order valence-corrected chi connectivity index (χ0v) is 17.2. The third-order valence-corrected chi connectivity index (χ3v) is 5.36. The Hall–Kier alpha value is -2.66. The van der Waals surface area contributed by atoms with Gasteiger partial charge in [0.05, 0.1) is 0 Å². The summed E-state index contributed by atoms with van der Waals surface area (Å²) in [7, 11) is 0. The minimum atomic E-state index is -0.374. The van der Waals surface area contributed by atoms with Gasteiger partial charge in [-0.1, -0.05) is 66.9 Å². The maximum Gasteiger partial charge on any atom is 0.251 e. The monoisotopic (exact) mass is 397 g/mol. The molecule has 0 spiro atoms. The molecule has 2 atom stereocenters. The number of nitrogens with zero attached hydrogens (tertiary/aromatic N) is 2. The summed E-state index contributed by atoms with van der Waals surface area (Å²) in [6, 6.07) is 12.7. The molecule has 5 nitrogen and oxygen atoms in total. The number of aryl methyl sites for hydroxylation is 2. The molecule has 0 fully saturated rings. The quantitative estimate of drug-likeness (QED) is 0.594. The molecule has 0 aliphatic heterocycles. The van der Waals surface area contributed by atoms with Crippen molar-refractivity contribution in [1.82, 2.24) is 15.5 Å². The maximum absolute atomic E-state index is 12.7. The van der Waals surface area contributed by atoms with Crippen molar-refractivity contribution in [1.29, 1.82) is 0 Å². The molecule has 1 amide bonds. The van der Waals surface area contributed by atoms with Crippen molar-refractivity contribution in [3.8, 4) is 11.4 Å². The highest BCUT2D eigenvalue weighted by atomic mass is 35.5. The van der Waals surface area contributed by atoms with Gasteiger partial charge in [-0.2, -0.15) is 4.98 Å². The topological polar surface area (TPSA) is 68.0 Å². The van der Waals surface area contributed by atoms with E-state index in [0.717, 1.165) is 23.1 Å². The summed E-state index contributed by atoms with van der Waals surface area (Å²) >= 11 is 6.21. The first-order valence-corrected chi connectivity index (χ1v) is 9.74. The van der Waals surface area contributed by atoms with Crippen LogP contribution >= 0.6 is 11.6 Å². The smallest absolute Gasteiger partial charge is 0.251 e. The average Bonchev–Trinajstić information content (AvgIpc) is 3.17. The van der Waals surface area contributed by atoms with Crippen LogP contribution in [0, 0.1) is 19.8 Å². The standard InChI is InChI=1S/C22H24ClN3O2/c1-5-14(3)19(24-21(27)16-9-6-13(2)7-10-16)22-25-20(26-28-22)17-11-8-15(4)18(23)12-17/h6-12,14,19H,5H2,1-4H3,(H,24,27)/t14-,19-/m1/s1. The lowest BCUT2D eigenvalue weighted by molar-refractivity contribution is 0.0910. The van der Waals surface area contributed by atoms with Gasteiger partial charge in [-0.25, -0.2) is 0 Å². The van der Waals surface area contributed by atoms with Crippen LogP contribution in [0.5, 0.6) is 0 Å². The van der Waals surface area contributed by atoms with Crippen LogP contribution in [0.15, 0.2) is 47.0 Å². The number of aromatic nitrogens is 2. The first-order chi connectivity index (χ1) is 13.4. The Balaban J connectivity index is 1.86. The number of nitrogens with one attached hydrogen (secondary N) is 1. The van der Waals surface area contributed by atoms with Crippen LogP contribution in [0.25, 0.3) is 11.4 Å². The average molecular weight is 398 g/mol. The molecule has 0 aliphatic carbocycles. The highest BCUT2D eigenvalue weighted by Crippen LogP contribution is 2.28. The lowest BCUT2D eigenvalue weighted by Crippen LogP contribution is -2.32. The number of hydrogen-bond donors (Lipinski definition) is 1. The molecule has 0 unspecified atom stereocenters. The third kappa shape index (κ3) is 4.42. The van der Waals surface area contributed by atoms with Gasteiger partial charge in [-0.15, -0.1) is 0 Å². The predicted molar refractivity (Wildman–Crippen MR) is 110 cm³/mol. The van der Waals surface area contributed by atoms with Crippen LogP contribution in [0.1, 0.15) is 53.7 Å². The molecular formula is C22H24ClN3O2. The molecular weight excluding hydrogens is 374 g/mol. The van der Waals surface area contributed by atoms with E-state index in [1.807, 2.05) is 63.2 Å². The lowest BCUT2D eigenvalue weighted by Gasteiger charge is -2.20. The van der Waals surface area contributed by atoms with E-state index in [0.29, 0.717) is 22.3 Å². The van der Waals surface area contributed by atoms with Crippen LogP contribution in [-0.4, -0.2) is 16.0 Å². The Morgan fingerprint density at radius 1 is 1.18 bits per heavy atom. The van der Waals surface area contributed by atoms with Crippen molar-refractivity contribution >= 4 is 17.5 Å². The second-order valence-electron chi connectivity index (χ2n) is 7.12. The zero-order chi connectivity index (χ0) is 20.3. The van der Waals surface area contributed by atoms with Gasteiger partial charge >= 0.3 is 0 Å². The fraction of sp³-hybridized carbons (Fsp3) is 0.318.